The lowest BCUT2D eigenvalue weighted by Gasteiger charge is -2.18. The summed E-state index contributed by atoms with van der Waals surface area (Å²) in [5, 5.41) is 20.6. The molecule has 1 amide bonds. The molecule has 1 atom stereocenters. The minimum Gasteiger partial charge on any atom is -0.479 e. The Kier molecular flexibility index (Phi) is 4.50. The SMILES string of the molecule is CN(C)c1cccc(C(=O)NCC(C)(O)C(=O)O)c1. The maximum absolute atomic E-state index is 11.9. The second-order valence-corrected chi connectivity index (χ2v) is 4.71. The third kappa shape index (κ3) is 3.96. The zero-order valence-electron chi connectivity index (χ0n) is 11.2. The number of carbonyl (C=O) groups excluding carboxylic acids is 1. The van der Waals surface area contributed by atoms with E-state index in [0.29, 0.717) is 5.56 Å². The molecule has 3 N–H and O–H groups in total. The van der Waals surface area contributed by atoms with Crippen LogP contribution in [0.15, 0.2) is 24.3 Å². The van der Waals surface area contributed by atoms with Crippen LogP contribution < -0.4 is 10.2 Å². The van der Waals surface area contributed by atoms with E-state index in [1.807, 2.05) is 25.1 Å². The molecule has 0 aliphatic heterocycles. The molecular weight excluding hydrogens is 248 g/mol. The van der Waals surface area contributed by atoms with Gasteiger partial charge in [0, 0.05) is 25.3 Å². The van der Waals surface area contributed by atoms with Crippen LogP contribution >= 0.6 is 0 Å². The number of aliphatic carboxylic acids is 1. The smallest absolute Gasteiger partial charge is 0.337 e. The summed E-state index contributed by atoms with van der Waals surface area (Å²) in [5.74, 6) is -1.81. The van der Waals surface area contributed by atoms with Crippen LogP contribution in [0.5, 0.6) is 0 Å². The molecule has 6 nitrogen and oxygen atoms in total. The molecule has 0 fully saturated rings. The summed E-state index contributed by atoms with van der Waals surface area (Å²) < 4.78 is 0. The number of amides is 1. The third-order valence-electron chi connectivity index (χ3n) is 2.68. The number of hydrogen-bond acceptors (Lipinski definition) is 4. The van der Waals surface area contributed by atoms with Crippen molar-refractivity contribution in [1.29, 1.82) is 0 Å². The molecule has 19 heavy (non-hydrogen) atoms. The standard InChI is InChI=1S/C13H18N2O4/c1-13(19,12(17)18)8-14-11(16)9-5-4-6-10(7-9)15(2)3/h4-7,19H,8H2,1-3H3,(H,14,16)(H,17,18). The number of anilines is 1. The van der Waals surface area contributed by atoms with E-state index in [4.69, 9.17) is 5.11 Å². The number of aliphatic hydroxyl groups is 1. The van der Waals surface area contributed by atoms with Crippen LogP contribution in [0.2, 0.25) is 0 Å². The van der Waals surface area contributed by atoms with Crippen LogP contribution in [0.1, 0.15) is 17.3 Å². The summed E-state index contributed by atoms with van der Waals surface area (Å²) in [7, 11) is 3.71. The number of hydrogen-bond donors (Lipinski definition) is 3. The lowest BCUT2D eigenvalue weighted by atomic mass is 10.1. The van der Waals surface area contributed by atoms with Gasteiger partial charge in [0.1, 0.15) is 0 Å². The Hall–Kier alpha value is -2.08. The maximum atomic E-state index is 11.9. The lowest BCUT2D eigenvalue weighted by Crippen LogP contribution is -2.46. The van der Waals surface area contributed by atoms with Crippen LogP contribution in [0.25, 0.3) is 0 Å². The Morgan fingerprint density at radius 1 is 1.37 bits per heavy atom. The first-order valence-corrected chi connectivity index (χ1v) is 5.75. The van der Waals surface area contributed by atoms with Crippen molar-refractivity contribution in [2.45, 2.75) is 12.5 Å². The minimum absolute atomic E-state index is 0.354. The topological polar surface area (TPSA) is 89.9 Å². The highest BCUT2D eigenvalue weighted by atomic mass is 16.4. The third-order valence-corrected chi connectivity index (χ3v) is 2.68. The van der Waals surface area contributed by atoms with Gasteiger partial charge >= 0.3 is 5.97 Å². The fraction of sp³-hybridized carbons (Fsp3) is 0.385. The molecule has 0 aliphatic carbocycles. The van der Waals surface area contributed by atoms with Crippen molar-refractivity contribution in [3.8, 4) is 0 Å². The molecule has 0 bridgehead atoms. The van der Waals surface area contributed by atoms with Crippen molar-refractivity contribution < 1.29 is 19.8 Å². The molecule has 6 heteroatoms. The predicted octanol–water partition coefficient (Wildman–Crippen LogP) is 0.318. The molecule has 0 aliphatic rings. The van der Waals surface area contributed by atoms with Gasteiger partial charge in [0.25, 0.3) is 5.91 Å². The molecule has 0 radical (unpaired) electrons. The predicted molar refractivity (Wildman–Crippen MR) is 71.4 cm³/mol. The number of carbonyl (C=O) groups is 2. The normalized spacial score (nSPS) is 13.5. The van der Waals surface area contributed by atoms with Crippen molar-refractivity contribution in [3.63, 3.8) is 0 Å². The van der Waals surface area contributed by atoms with Crippen molar-refractivity contribution >= 4 is 17.6 Å². The summed E-state index contributed by atoms with van der Waals surface area (Å²) in [6.07, 6.45) is 0. The van der Waals surface area contributed by atoms with Crippen LogP contribution in [-0.2, 0) is 4.79 Å². The number of nitrogens with zero attached hydrogens (tertiary/aromatic N) is 1. The van der Waals surface area contributed by atoms with E-state index in [-0.39, 0.29) is 6.54 Å². The van der Waals surface area contributed by atoms with E-state index in [9.17, 15) is 14.7 Å². The Bertz CT molecular complexity index is 483. The summed E-state index contributed by atoms with van der Waals surface area (Å²) in [5.41, 5.74) is -0.709. The first-order valence-electron chi connectivity index (χ1n) is 5.75. The monoisotopic (exact) mass is 266 g/mol. The van der Waals surface area contributed by atoms with Gasteiger partial charge in [-0.25, -0.2) is 4.79 Å². The Morgan fingerprint density at radius 2 is 2.00 bits per heavy atom. The summed E-state index contributed by atoms with van der Waals surface area (Å²) in [6.45, 7) is 0.777. The van der Waals surface area contributed by atoms with Crippen LogP contribution in [0.3, 0.4) is 0 Å². The van der Waals surface area contributed by atoms with E-state index in [2.05, 4.69) is 5.32 Å². The minimum atomic E-state index is -1.98. The number of carboxylic acid groups (broad SMARTS) is 1. The van der Waals surface area contributed by atoms with E-state index in [0.717, 1.165) is 12.6 Å². The molecule has 0 saturated heterocycles. The Balaban J connectivity index is 2.74. The van der Waals surface area contributed by atoms with Gasteiger partial charge in [0.15, 0.2) is 5.60 Å². The largest absolute Gasteiger partial charge is 0.479 e. The fourth-order valence-corrected chi connectivity index (χ4v) is 1.36. The molecule has 0 saturated carbocycles. The Labute approximate surface area is 111 Å². The first-order chi connectivity index (χ1) is 8.74. The number of nitrogens with one attached hydrogen (secondary N) is 1. The number of rotatable bonds is 5. The van der Waals surface area contributed by atoms with Gasteiger partial charge in [-0.15, -0.1) is 0 Å². The van der Waals surface area contributed by atoms with Gasteiger partial charge in [-0.1, -0.05) is 6.07 Å². The molecule has 104 valence electrons. The van der Waals surface area contributed by atoms with E-state index in [1.165, 1.54) is 0 Å². The molecule has 1 aromatic rings. The van der Waals surface area contributed by atoms with Crippen LogP contribution in [0.4, 0.5) is 5.69 Å². The molecular formula is C13H18N2O4. The second kappa shape index (κ2) is 5.71. The number of carboxylic acids is 1. The van der Waals surface area contributed by atoms with Gasteiger partial charge in [-0.05, 0) is 25.1 Å². The number of benzene rings is 1. The molecule has 1 aromatic carbocycles. The highest BCUT2D eigenvalue weighted by Crippen LogP contribution is 2.13. The molecule has 0 heterocycles. The average Bonchev–Trinajstić information content (AvgIpc) is 2.36. The second-order valence-electron chi connectivity index (χ2n) is 4.71. The van der Waals surface area contributed by atoms with E-state index in [1.54, 1.807) is 18.2 Å². The highest BCUT2D eigenvalue weighted by Gasteiger charge is 2.30. The van der Waals surface area contributed by atoms with Gasteiger partial charge in [0.05, 0.1) is 6.54 Å². The fourth-order valence-electron chi connectivity index (χ4n) is 1.36. The van der Waals surface area contributed by atoms with Gasteiger partial charge in [-0.2, -0.15) is 0 Å². The average molecular weight is 266 g/mol. The quantitative estimate of drug-likeness (QED) is 0.714. The summed E-state index contributed by atoms with van der Waals surface area (Å²) in [4.78, 5) is 24.4. The molecule has 1 unspecified atom stereocenters. The highest BCUT2D eigenvalue weighted by molar-refractivity contribution is 5.95. The maximum Gasteiger partial charge on any atom is 0.337 e. The summed E-state index contributed by atoms with van der Waals surface area (Å²) in [6, 6.07) is 6.90. The van der Waals surface area contributed by atoms with Crippen molar-refractivity contribution in [1.82, 2.24) is 5.32 Å². The van der Waals surface area contributed by atoms with Crippen molar-refractivity contribution in [2.24, 2.45) is 0 Å². The zero-order valence-corrected chi connectivity index (χ0v) is 11.2. The van der Waals surface area contributed by atoms with Gasteiger partial charge in [0.2, 0.25) is 0 Å². The lowest BCUT2D eigenvalue weighted by molar-refractivity contribution is -0.155. The molecule has 1 rings (SSSR count). The summed E-state index contributed by atoms with van der Waals surface area (Å²) >= 11 is 0. The van der Waals surface area contributed by atoms with E-state index >= 15 is 0 Å². The van der Waals surface area contributed by atoms with Crippen LogP contribution in [-0.4, -0.2) is 48.3 Å². The van der Waals surface area contributed by atoms with E-state index < -0.39 is 17.5 Å². The van der Waals surface area contributed by atoms with Crippen molar-refractivity contribution in [3.05, 3.63) is 29.8 Å². The zero-order chi connectivity index (χ0) is 14.6. The van der Waals surface area contributed by atoms with Gasteiger partial charge in [-0.3, -0.25) is 4.79 Å². The van der Waals surface area contributed by atoms with Crippen molar-refractivity contribution in [2.75, 3.05) is 25.5 Å². The molecule has 0 aromatic heterocycles. The first kappa shape index (κ1) is 15.0. The molecule has 0 spiro atoms. The van der Waals surface area contributed by atoms with Crippen LogP contribution in [0, 0.1) is 0 Å². The Morgan fingerprint density at radius 3 is 2.53 bits per heavy atom. The van der Waals surface area contributed by atoms with Gasteiger partial charge < -0.3 is 20.4 Å².